The summed E-state index contributed by atoms with van der Waals surface area (Å²) in [5.74, 6) is 0.00280. The fourth-order valence-electron chi connectivity index (χ4n) is 3.16. The molecule has 0 spiro atoms. The highest BCUT2D eigenvalue weighted by Crippen LogP contribution is 2.26. The molecule has 5 nitrogen and oxygen atoms in total. The third-order valence-corrected chi connectivity index (χ3v) is 4.97. The molecule has 6 heteroatoms. The summed E-state index contributed by atoms with van der Waals surface area (Å²) >= 11 is 6.01. The molecule has 0 radical (unpaired) electrons. The van der Waals surface area contributed by atoms with E-state index >= 15 is 0 Å². The summed E-state index contributed by atoms with van der Waals surface area (Å²) in [6.07, 6.45) is 2.22. The second kappa shape index (κ2) is 9.02. The number of carbonyl (C=O) groups is 1. The van der Waals surface area contributed by atoms with Gasteiger partial charge in [-0.25, -0.2) is 4.98 Å². The number of nitrogens with one attached hydrogen (secondary N) is 1. The SMILES string of the molecule is CCN(CC)CCNC(=O)Cc1c(-c2ccc(Cl)cc2)nc2ccccn12. The van der Waals surface area contributed by atoms with E-state index in [0.717, 1.165) is 42.2 Å². The maximum Gasteiger partial charge on any atom is 0.226 e. The molecule has 0 aliphatic rings. The van der Waals surface area contributed by atoms with Crippen LogP contribution in [0.3, 0.4) is 0 Å². The summed E-state index contributed by atoms with van der Waals surface area (Å²) in [4.78, 5) is 19.6. The Hall–Kier alpha value is -2.37. The Labute approximate surface area is 165 Å². The van der Waals surface area contributed by atoms with E-state index in [9.17, 15) is 4.79 Å². The third-order valence-electron chi connectivity index (χ3n) is 4.72. The molecular weight excluding hydrogens is 360 g/mol. The number of nitrogens with zero attached hydrogens (tertiary/aromatic N) is 3. The maximum atomic E-state index is 12.6. The first-order valence-corrected chi connectivity index (χ1v) is 9.71. The topological polar surface area (TPSA) is 49.6 Å². The van der Waals surface area contributed by atoms with Crippen LogP contribution >= 0.6 is 11.6 Å². The van der Waals surface area contributed by atoms with Gasteiger partial charge in [0.1, 0.15) is 5.65 Å². The Morgan fingerprint density at radius 3 is 2.59 bits per heavy atom. The van der Waals surface area contributed by atoms with Gasteiger partial charge in [0, 0.05) is 29.9 Å². The molecule has 1 amide bonds. The molecule has 0 saturated carbocycles. The van der Waals surface area contributed by atoms with Gasteiger partial charge in [0.25, 0.3) is 0 Å². The molecule has 142 valence electrons. The zero-order chi connectivity index (χ0) is 19.2. The zero-order valence-electron chi connectivity index (χ0n) is 15.8. The number of imidazole rings is 1. The summed E-state index contributed by atoms with van der Waals surface area (Å²) in [5.41, 5.74) is 3.48. The predicted molar refractivity (Wildman–Crippen MR) is 110 cm³/mol. The Morgan fingerprint density at radius 2 is 1.89 bits per heavy atom. The summed E-state index contributed by atoms with van der Waals surface area (Å²) in [6.45, 7) is 7.73. The number of aromatic nitrogens is 2. The van der Waals surface area contributed by atoms with E-state index in [1.165, 1.54) is 0 Å². The minimum absolute atomic E-state index is 0.00280. The lowest BCUT2D eigenvalue weighted by Gasteiger charge is -2.18. The van der Waals surface area contributed by atoms with Crippen molar-refractivity contribution in [2.75, 3.05) is 26.2 Å². The minimum Gasteiger partial charge on any atom is -0.354 e. The second-order valence-corrected chi connectivity index (χ2v) is 6.83. The van der Waals surface area contributed by atoms with Crippen LogP contribution in [0.1, 0.15) is 19.5 Å². The molecule has 1 aromatic carbocycles. The first-order valence-electron chi connectivity index (χ1n) is 9.33. The van der Waals surface area contributed by atoms with Crippen LogP contribution in [-0.2, 0) is 11.2 Å². The fourth-order valence-corrected chi connectivity index (χ4v) is 3.29. The summed E-state index contributed by atoms with van der Waals surface area (Å²) in [7, 11) is 0. The number of halogens is 1. The maximum absolute atomic E-state index is 12.6. The van der Waals surface area contributed by atoms with Crippen molar-refractivity contribution in [1.29, 1.82) is 0 Å². The lowest BCUT2D eigenvalue weighted by atomic mass is 10.1. The second-order valence-electron chi connectivity index (χ2n) is 6.40. The van der Waals surface area contributed by atoms with Crippen molar-refractivity contribution in [3.63, 3.8) is 0 Å². The zero-order valence-corrected chi connectivity index (χ0v) is 16.5. The highest BCUT2D eigenvalue weighted by atomic mass is 35.5. The predicted octanol–water partition coefficient (Wildman–Crippen LogP) is 3.66. The van der Waals surface area contributed by atoms with Gasteiger partial charge in [-0.15, -0.1) is 0 Å². The first-order chi connectivity index (χ1) is 13.1. The van der Waals surface area contributed by atoms with E-state index in [1.54, 1.807) is 0 Å². The molecule has 3 rings (SSSR count). The van der Waals surface area contributed by atoms with E-state index in [2.05, 4.69) is 24.1 Å². The van der Waals surface area contributed by atoms with Gasteiger partial charge in [0.15, 0.2) is 0 Å². The quantitative estimate of drug-likeness (QED) is 0.644. The van der Waals surface area contributed by atoms with Crippen LogP contribution in [0.2, 0.25) is 5.02 Å². The van der Waals surface area contributed by atoms with Crippen molar-refractivity contribution >= 4 is 23.2 Å². The van der Waals surface area contributed by atoms with E-state index in [0.29, 0.717) is 11.6 Å². The Balaban J connectivity index is 1.81. The minimum atomic E-state index is 0.00280. The van der Waals surface area contributed by atoms with Crippen molar-refractivity contribution in [1.82, 2.24) is 19.6 Å². The van der Waals surface area contributed by atoms with Gasteiger partial charge in [-0.2, -0.15) is 0 Å². The molecule has 0 aliphatic heterocycles. The lowest BCUT2D eigenvalue weighted by Crippen LogP contribution is -2.35. The van der Waals surface area contributed by atoms with Gasteiger partial charge in [0.05, 0.1) is 17.8 Å². The molecule has 2 heterocycles. The largest absolute Gasteiger partial charge is 0.354 e. The average molecular weight is 385 g/mol. The molecule has 0 fully saturated rings. The van der Waals surface area contributed by atoms with Crippen LogP contribution in [0.25, 0.3) is 16.9 Å². The van der Waals surface area contributed by atoms with Gasteiger partial charge < -0.3 is 14.6 Å². The summed E-state index contributed by atoms with van der Waals surface area (Å²) in [5, 5.41) is 3.71. The first kappa shape index (κ1) is 19.4. The smallest absolute Gasteiger partial charge is 0.226 e. The van der Waals surface area contributed by atoms with Crippen LogP contribution in [0, 0.1) is 0 Å². The van der Waals surface area contributed by atoms with Crippen LogP contribution < -0.4 is 5.32 Å². The van der Waals surface area contributed by atoms with Crippen molar-refractivity contribution in [3.8, 4) is 11.3 Å². The molecular formula is C21H25ClN4O. The van der Waals surface area contributed by atoms with Gasteiger partial charge in [-0.05, 0) is 37.4 Å². The van der Waals surface area contributed by atoms with E-state index in [4.69, 9.17) is 16.6 Å². The number of hydrogen-bond acceptors (Lipinski definition) is 3. The number of carbonyl (C=O) groups excluding carboxylic acids is 1. The number of amides is 1. The number of hydrogen-bond donors (Lipinski definition) is 1. The van der Waals surface area contributed by atoms with Crippen molar-refractivity contribution in [3.05, 3.63) is 59.4 Å². The molecule has 0 aliphatic carbocycles. The van der Waals surface area contributed by atoms with Gasteiger partial charge in [-0.1, -0.05) is 43.6 Å². The average Bonchev–Trinajstić information content (AvgIpc) is 3.04. The van der Waals surface area contributed by atoms with Crippen molar-refractivity contribution in [2.45, 2.75) is 20.3 Å². The molecule has 0 bridgehead atoms. The van der Waals surface area contributed by atoms with E-state index < -0.39 is 0 Å². The summed E-state index contributed by atoms with van der Waals surface area (Å²) in [6, 6.07) is 13.4. The molecule has 0 saturated heterocycles. The molecule has 0 unspecified atom stereocenters. The van der Waals surface area contributed by atoms with E-state index in [1.807, 2.05) is 53.1 Å². The van der Waals surface area contributed by atoms with Crippen LogP contribution in [-0.4, -0.2) is 46.4 Å². The van der Waals surface area contributed by atoms with Crippen molar-refractivity contribution < 1.29 is 4.79 Å². The molecule has 0 atom stereocenters. The van der Waals surface area contributed by atoms with E-state index in [-0.39, 0.29) is 12.3 Å². The number of fused-ring (bicyclic) bond motifs is 1. The van der Waals surface area contributed by atoms with Gasteiger partial charge in [0.2, 0.25) is 5.91 Å². The number of likely N-dealkylation sites (N-methyl/N-ethyl adjacent to an activating group) is 1. The van der Waals surface area contributed by atoms with Crippen molar-refractivity contribution in [2.24, 2.45) is 0 Å². The molecule has 27 heavy (non-hydrogen) atoms. The molecule has 3 aromatic rings. The fraction of sp³-hybridized carbons (Fsp3) is 0.333. The Bertz CT molecular complexity index is 900. The Morgan fingerprint density at radius 1 is 1.15 bits per heavy atom. The highest BCUT2D eigenvalue weighted by Gasteiger charge is 2.17. The third kappa shape index (κ3) is 4.67. The van der Waals surface area contributed by atoms with Crippen LogP contribution in [0.4, 0.5) is 0 Å². The lowest BCUT2D eigenvalue weighted by molar-refractivity contribution is -0.120. The number of benzene rings is 1. The van der Waals surface area contributed by atoms with Crippen LogP contribution in [0.15, 0.2) is 48.7 Å². The highest BCUT2D eigenvalue weighted by molar-refractivity contribution is 6.30. The molecule has 1 N–H and O–H groups in total. The molecule has 2 aromatic heterocycles. The number of rotatable bonds is 8. The van der Waals surface area contributed by atoms with Gasteiger partial charge in [-0.3, -0.25) is 4.79 Å². The normalized spacial score (nSPS) is 11.3. The standard InChI is InChI=1S/C21H25ClN4O/c1-3-25(4-2)14-12-23-20(27)15-18-21(16-8-10-17(22)11-9-16)24-19-7-5-6-13-26(18)19/h5-11,13H,3-4,12,14-15H2,1-2H3,(H,23,27). The van der Waals surface area contributed by atoms with Crippen LogP contribution in [0.5, 0.6) is 0 Å². The monoisotopic (exact) mass is 384 g/mol. The number of pyridine rings is 1. The Kier molecular flexibility index (Phi) is 6.48. The summed E-state index contributed by atoms with van der Waals surface area (Å²) < 4.78 is 1.98. The van der Waals surface area contributed by atoms with Gasteiger partial charge >= 0.3 is 0 Å².